The number of carbonyl (C=O) groups is 3. The van der Waals surface area contributed by atoms with Gasteiger partial charge in [-0.15, -0.1) is 0 Å². The Kier molecular flexibility index (Phi) is 4.76. The molecule has 6 heteroatoms. The van der Waals surface area contributed by atoms with Crippen molar-refractivity contribution in [3.8, 4) is 0 Å². The number of hydrogen-bond acceptors (Lipinski definition) is 4. The molecule has 1 unspecified atom stereocenters. The van der Waals surface area contributed by atoms with Crippen LogP contribution in [0.5, 0.6) is 0 Å². The summed E-state index contributed by atoms with van der Waals surface area (Å²) in [7, 11) is 0. The van der Waals surface area contributed by atoms with Gasteiger partial charge in [-0.05, 0) is 49.7 Å². The van der Waals surface area contributed by atoms with Crippen molar-refractivity contribution in [1.82, 2.24) is 10.2 Å². The lowest BCUT2D eigenvalue weighted by atomic mass is 10.0. The van der Waals surface area contributed by atoms with Crippen LogP contribution >= 0.6 is 0 Å². The van der Waals surface area contributed by atoms with Gasteiger partial charge < -0.3 is 9.73 Å². The Labute approximate surface area is 168 Å². The van der Waals surface area contributed by atoms with E-state index in [-0.39, 0.29) is 30.0 Å². The summed E-state index contributed by atoms with van der Waals surface area (Å²) in [4.78, 5) is 39.3. The lowest BCUT2D eigenvalue weighted by molar-refractivity contribution is 0.0642. The van der Waals surface area contributed by atoms with Crippen molar-refractivity contribution >= 4 is 17.7 Å². The van der Waals surface area contributed by atoms with Crippen molar-refractivity contribution in [1.29, 1.82) is 0 Å². The zero-order chi connectivity index (χ0) is 20.5. The molecule has 1 atom stereocenters. The van der Waals surface area contributed by atoms with Gasteiger partial charge in [0.15, 0.2) is 0 Å². The minimum atomic E-state index is -0.391. The normalized spacial score (nSPS) is 14.1. The van der Waals surface area contributed by atoms with E-state index in [1.807, 2.05) is 56.3 Å². The number of amides is 3. The number of furan rings is 1. The van der Waals surface area contributed by atoms with Gasteiger partial charge in [-0.25, -0.2) is 0 Å². The van der Waals surface area contributed by atoms with Gasteiger partial charge in [0.2, 0.25) is 0 Å². The molecule has 29 heavy (non-hydrogen) atoms. The van der Waals surface area contributed by atoms with Crippen LogP contribution in [0.25, 0.3) is 0 Å². The Morgan fingerprint density at radius 3 is 2.41 bits per heavy atom. The molecule has 0 spiro atoms. The SMILES string of the molecule is Cc1ccc(C(C)NC(=O)c2ccc3c(c2)C(=O)N(Cc2ccccc2)C3=O)o1. The second kappa shape index (κ2) is 7.39. The lowest BCUT2D eigenvalue weighted by Gasteiger charge is -2.13. The highest BCUT2D eigenvalue weighted by atomic mass is 16.3. The number of imide groups is 1. The third-order valence-corrected chi connectivity index (χ3v) is 4.95. The summed E-state index contributed by atoms with van der Waals surface area (Å²) < 4.78 is 5.54. The maximum atomic E-state index is 12.8. The van der Waals surface area contributed by atoms with Gasteiger partial charge in [0.1, 0.15) is 11.5 Å². The molecule has 1 aliphatic heterocycles. The topological polar surface area (TPSA) is 79.6 Å². The van der Waals surface area contributed by atoms with E-state index in [0.717, 1.165) is 11.3 Å². The molecule has 2 aromatic carbocycles. The summed E-state index contributed by atoms with van der Waals surface area (Å²) in [5.74, 6) is 0.341. The summed E-state index contributed by atoms with van der Waals surface area (Å²) in [5.41, 5.74) is 1.75. The number of rotatable bonds is 5. The van der Waals surface area contributed by atoms with Crippen molar-refractivity contribution in [2.75, 3.05) is 0 Å². The van der Waals surface area contributed by atoms with Crippen molar-refractivity contribution in [3.63, 3.8) is 0 Å². The van der Waals surface area contributed by atoms with Crippen LogP contribution in [0.1, 0.15) is 61.1 Å². The fraction of sp³-hybridized carbons (Fsp3) is 0.174. The van der Waals surface area contributed by atoms with Crippen molar-refractivity contribution in [2.45, 2.75) is 26.4 Å². The van der Waals surface area contributed by atoms with Crippen LogP contribution in [-0.4, -0.2) is 22.6 Å². The predicted molar refractivity (Wildman–Crippen MR) is 106 cm³/mol. The van der Waals surface area contributed by atoms with Gasteiger partial charge >= 0.3 is 0 Å². The monoisotopic (exact) mass is 388 g/mol. The first-order chi connectivity index (χ1) is 13.9. The highest BCUT2D eigenvalue weighted by Crippen LogP contribution is 2.26. The Balaban J connectivity index is 1.53. The molecule has 0 saturated carbocycles. The molecular formula is C23H20N2O4. The van der Waals surface area contributed by atoms with Crippen LogP contribution in [0.2, 0.25) is 0 Å². The minimum absolute atomic E-state index is 0.198. The van der Waals surface area contributed by atoms with Crippen LogP contribution in [0.15, 0.2) is 65.1 Å². The number of fused-ring (bicyclic) bond motifs is 1. The molecule has 3 amide bonds. The molecular weight excluding hydrogens is 368 g/mol. The number of aryl methyl sites for hydroxylation is 1. The van der Waals surface area contributed by atoms with Crippen molar-refractivity contribution in [2.24, 2.45) is 0 Å². The van der Waals surface area contributed by atoms with E-state index >= 15 is 0 Å². The minimum Gasteiger partial charge on any atom is -0.464 e. The summed E-state index contributed by atoms with van der Waals surface area (Å²) in [6.07, 6.45) is 0. The lowest BCUT2D eigenvalue weighted by Crippen LogP contribution is -2.29. The summed E-state index contributed by atoms with van der Waals surface area (Å²) in [6.45, 7) is 3.85. The summed E-state index contributed by atoms with van der Waals surface area (Å²) in [5, 5.41) is 2.85. The summed E-state index contributed by atoms with van der Waals surface area (Å²) in [6, 6.07) is 17.2. The van der Waals surface area contributed by atoms with Gasteiger partial charge in [0, 0.05) is 5.56 Å². The molecule has 1 aliphatic rings. The number of benzene rings is 2. The van der Waals surface area contributed by atoms with Crippen LogP contribution in [0.4, 0.5) is 0 Å². The molecule has 0 fully saturated rings. The van der Waals surface area contributed by atoms with E-state index in [9.17, 15) is 14.4 Å². The Morgan fingerprint density at radius 1 is 1.00 bits per heavy atom. The third-order valence-electron chi connectivity index (χ3n) is 4.95. The zero-order valence-corrected chi connectivity index (χ0v) is 16.1. The highest BCUT2D eigenvalue weighted by Gasteiger charge is 2.36. The van der Waals surface area contributed by atoms with Crippen LogP contribution in [0, 0.1) is 6.92 Å². The summed E-state index contributed by atoms with van der Waals surface area (Å²) >= 11 is 0. The molecule has 1 aromatic heterocycles. The van der Waals surface area contributed by atoms with Gasteiger partial charge in [-0.1, -0.05) is 30.3 Å². The predicted octanol–water partition coefficient (Wildman–Crippen LogP) is 3.88. The van der Waals surface area contributed by atoms with Crippen LogP contribution < -0.4 is 5.32 Å². The van der Waals surface area contributed by atoms with E-state index < -0.39 is 5.91 Å². The van der Waals surface area contributed by atoms with Crippen molar-refractivity contribution < 1.29 is 18.8 Å². The Bertz CT molecular complexity index is 1100. The van der Waals surface area contributed by atoms with E-state index in [2.05, 4.69) is 5.32 Å². The number of nitrogens with one attached hydrogen (secondary N) is 1. The molecule has 146 valence electrons. The highest BCUT2D eigenvalue weighted by molar-refractivity contribution is 6.22. The molecule has 0 aliphatic carbocycles. The first-order valence-electron chi connectivity index (χ1n) is 9.35. The second-order valence-electron chi connectivity index (χ2n) is 7.09. The average molecular weight is 388 g/mol. The van der Waals surface area contributed by atoms with Gasteiger partial charge in [-0.2, -0.15) is 0 Å². The van der Waals surface area contributed by atoms with E-state index in [1.54, 1.807) is 6.07 Å². The van der Waals surface area contributed by atoms with Gasteiger partial charge in [0.25, 0.3) is 17.7 Å². The van der Waals surface area contributed by atoms with Crippen molar-refractivity contribution in [3.05, 3.63) is 94.4 Å². The Morgan fingerprint density at radius 2 is 1.72 bits per heavy atom. The molecule has 0 saturated heterocycles. The van der Waals surface area contributed by atoms with E-state index in [4.69, 9.17) is 4.42 Å². The maximum absolute atomic E-state index is 12.8. The molecule has 2 heterocycles. The average Bonchev–Trinajstić information content (AvgIpc) is 3.26. The van der Waals surface area contributed by atoms with E-state index in [1.165, 1.54) is 17.0 Å². The quantitative estimate of drug-likeness (QED) is 0.673. The number of nitrogens with zero attached hydrogens (tertiary/aromatic N) is 1. The molecule has 4 rings (SSSR count). The first kappa shape index (κ1) is 18.7. The number of carbonyl (C=O) groups excluding carboxylic acids is 3. The second-order valence-corrected chi connectivity index (χ2v) is 7.09. The van der Waals surface area contributed by atoms with Gasteiger partial charge in [0.05, 0.1) is 23.7 Å². The van der Waals surface area contributed by atoms with Crippen LogP contribution in [0.3, 0.4) is 0 Å². The largest absolute Gasteiger partial charge is 0.464 e. The fourth-order valence-corrected chi connectivity index (χ4v) is 3.38. The smallest absolute Gasteiger partial charge is 0.261 e. The Hall–Kier alpha value is -3.67. The molecule has 0 radical (unpaired) electrons. The standard InChI is InChI=1S/C23H20N2O4/c1-14-8-11-20(29-14)15(2)24-21(26)17-9-10-18-19(12-17)23(28)25(22(18)27)13-16-6-4-3-5-7-16/h3-12,15H,13H2,1-2H3,(H,24,26). The molecule has 1 N–H and O–H groups in total. The fourth-order valence-electron chi connectivity index (χ4n) is 3.38. The first-order valence-corrected chi connectivity index (χ1v) is 9.35. The molecule has 0 bridgehead atoms. The molecule has 3 aromatic rings. The maximum Gasteiger partial charge on any atom is 0.261 e. The molecule has 6 nitrogen and oxygen atoms in total. The van der Waals surface area contributed by atoms with Crippen LogP contribution in [-0.2, 0) is 6.54 Å². The zero-order valence-electron chi connectivity index (χ0n) is 16.1. The third kappa shape index (κ3) is 3.57. The number of hydrogen-bond donors (Lipinski definition) is 1. The van der Waals surface area contributed by atoms with Gasteiger partial charge in [-0.3, -0.25) is 19.3 Å². The van der Waals surface area contributed by atoms with E-state index in [0.29, 0.717) is 16.9 Å².